The highest BCUT2D eigenvalue weighted by Crippen LogP contribution is 2.18. The number of likely N-dealkylation sites (tertiary alicyclic amines) is 1. The maximum atomic E-state index is 12.3. The Labute approximate surface area is 151 Å². The number of carboxylic acid groups (broad SMARTS) is 1. The fourth-order valence-electron chi connectivity index (χ4n) is 3.35. The van der Waals surface area contributed by atoms with Crippen molar-refractivity contribution in [1.82, 2.24) is 10.2 Å². The highest BCUT2D eigenvalue weighted by molar-refractivity contribution is 5.98. The quantitative estimate of drug-likeness (QED) is 0.863. The molecule has 1 fully saturated rings. The van der Waals surface area contributed by atoms with Gasteiger partial charge in [0.1, 0.15) is 6.04 Å². The molecule has 0 aliphatic carbocycles. The van der Waals surface area contributed by atoms with Gasteiger partial charge in [0.2, 0.25) is 5.91 Å². The van der Waals surface area contributed by atoms with Gasteiger partial charge in [-0.25, -0.2) is 4.79 Å². The molecule has 0 bridgehead atoms. The van der Waals surface area contributed by atoms with Gasteiger partial charge in [-0.3, -0.25) is 9.59 Å². The van der Waals surface area contributed by atoms with Gasteiger partial charge in [0.25, 0.3) is 5.91 Å². The molecule has 2 amide bonds. The van der Waals surface area contributed by atoms with Crippen LogP contribution in [0, 0.1) is 0 Å². The average molecular weight is 354 g/mol. The van der Waals surface area contributed by atoms with Gasteiger partial charge in [-0.05, 0) is 42.2 Å². The van der Waals surface area contributed by atoms with Crippen molar-refractivity contribution in [1.29, 1.82) is 0 Å². The molecule has 3 rings (SSSR count). The number of hydrogen-bond donors (Lipinski definition) is 2. The van der Waals surface area contributed by atoms with Crippen LogP contribution < -0.4 is 5.32 Å². The first kappa shape index (κ1) is 17.9. The van der Waals surface area contributed by atoms with E-state index in [4.69, 9.17) is 0 Å². The molecule has 2 aromatic carbocycles. The molecule has 1 aliphatic rings. The van der Waals surface area contributed by atoms with Crippen LogP contribution in [0.2, 0.25) is 0 Å². The second-order valence-electron chi connectivity index (χ2n) is 6.50. The molecule has 2 aromatic rings. The summed E-state index contributed by atoms with van der Waals surface area (Å²) in [5, 5.41) is 14.0. The van der Waals surface area contributed by atoms with Crippen LogP contribution >= 0.6 is 0 Å². The highest BCUT2D eigenvalue weighted by Gasteiger charge is 2.31. The second kappa shape index (κ2) is 7.99. The molecule has 1 heterocycles. The first-order valence-electron chi connectivity index (χ1n) is 8.85. The van der Waals surface area contributed by atoms with Crippen LogP contribution in [-0.4, -0.2) is 46.9 Å². The van der Waals surface area contributed by atoms with Crippen LogP contribution in [0.1, 0.15) is 36.0 Å². The lowest BCUT2D eigenvalue weighted by Gasteiger charge is -2.33. The van der Waals surface area contributed by atoms with Crippen molar-refractivity contribution in [2.24, 2.45) is 0 Å². The maximum absolute atomic E-state index is 12.3. The molecule has 1 saturated heterocycles. The van der Waals surface area contributed by atoms with Gasteiger partial charge in [0, 0.05) is 25.1 Å². The van der Waals surface area contributed by atoms with Gasteiger partial charge in [-0.2, -0.15) is 0 Å². The molecule has 0 saturated carbocycles. The van der Waals surface area contributed by atoms with Gasteiger partial charge >= 0.3 is 5.97 Å². The zero-order chi connectivity index (χ0) is 18.5. The second-order valence-corrected chi connectivity index (χ2v) is 6.50. The number of aliphatic carboxylic acids is 1. The standard InChI is InChI=1S/C20H22N2O4/c23-18(22-12-4-3-7-17(22)20(25)26)10-11-21-19(24)16-9-8-14-5-1-2-6-15(14)13-16/h1-2,5-6,8-9,13,17H,3-4,7,10-12H2,(H,21,24)(H,25,26). The molecule has 0 spiro atoms. The first-order chi connectivity index (χ1) is 12.6. The number of piperidine rings is 1. The Hall–Kier alpha value is -2.89. The molecule has 2 N–H and O–H groups in total. The number of nitrogens with zero attached hydrogens (tertiary/aromatic N) is 1. The SMILES string of the molecule is O=C(NCCC(=O)N1CCCCC1C(=O)O)c1ccc2ccccc2c1. The summed E-state index contributed by atoms with van der Waals surface area (Å²) in [6.45, 7) is 0.655. The number of nitrogens with one attached hydrogen (secondary N) is 1. The Kier molecular flexibility index (Phi) is 5.51. The van der Waals surface area contributed by atoms with Crippen molar-refractivity contribution in [3.63, 3.8) is 0 Å². The third-order valence-electron chi connectivity index (χ3n) is 4.74. The minimum absolute atomic E-state index is 0.100. The fourth-order valence-corrected chi connectivity index (χ4v) is 3.35. The lowest BCUT2D eigenvalue weighted by molar-refractivity contribution is -0.152. The minimum atomic E-state index is -0.960. The maximum Gasteiger partial charge on any atom is 0.326 e. The number of carbonyl (C=O) groups excluding carboxylic acids is 2. The molecule has 6 heteroatoms. The number of carboxylic acids is 1. The van der Waals surface area contributed by atoms with E-state index in [1.54, 1.807) is 6.07 Å². The first-order valence-corrected chi connectivity index (χ1v) is 8.85. The number of amides is 2. The molecule has 0 radical (unpaired) electrons. The van der Waals surface area contributed by atoms with Crippen LogP contribution in [0.3, 0.4) is 0 Å². The minimum Gasteiger partial charge on any atom is -0.480 e. The van der Waals surface area contributed by atoms with Gasteiger partial charge < -0.3 is 15.3 Å². The van der Waals surface area contributed by atoms with Crippen LogP contribution in [0.4, 0.5) is 0 Å². The van der Waals surface area contributed by atoms with Crippen molar-refractivity contribution in [2.75, 3.05) is 13.1 Å². The molecule has 1 unspecified atom stereocenters. The van der Waals surface area contributed by atoms with Crippen molar-refractivity contribution in [3.05, 3.63) is 48.0 Å². The Morgan fingerprint density at radius 1 is 1.08 bits per heavy atom. The van der Waals surface area contributed by atoms with Crippen LogP contribution in [-0.2, 0) is 9.59 Å². The Morgan fingerprint density at radius 3 is 2.62 bits per heavy atom. The zero-order valence-electron chi connectivity index (χ0n) is 14.5. The summed E-state index contributed by atoms with van der Waals surface area (Å²) in [7, 11) is 0. The monoisotopic (exact) mass is 354 g/mol. The highest BCUT2D eigenvalue weighted by atomic mass is 16.4. The number of carbonyl (C=O) groups is 3. The topological polar surface area (TPSA) is 86.7 Å². The van der Waals surface area contributed by atoms with E-state index in [9.17, 15) is 19.5 Å². The van der Waals surface area contributed by atoms with E-state index < -0.39 is 12.0 Å². The molecule has 136 valence electrons. The number of fused-ring (bicyclic) bond motifs is 1. The smallest absolute Gasteiger partial charge is 0.326 e. The van der Waals surface area contributed by atoms with E-state index in [2.05, 4.69) is 5.32 Å². The van der Waals surface area contributed by atoms with Gasteiger partial charge in [-0.1, -0.05) is 30.3 Å². The Balaban J connectivity index is 1.55. The summed E-state index contributed by atoms with van der Waals surface area (Å²) in [5.41, 5.74) is 0.539. The van der Waals surface area contributed by atoms with E-state index in [0.717, 1.165) is 23.6 Å². The predicted octanol–water partition coefficient (Wildman–Crippen LogP) is 2.43. The summed E-state index contributed by atoms with van der Waals surface area (Å²) >= 11 is 0. The summed E-state index contributed by atoms with van der Waals surface area (Å²) in [5.74, 6) is -1.42. The molecule has 0 aromatic heterocycles. The summed E-state index contributed by atoms with van der Waals surface area (Å²) < 4.78 is 0. The van der Waals surface area contributed by atoms with Crippen molar-refractivity contribution < 1.29 is 19.5 Å². The zero-order valence-corrected chi connectivity index (χ0v) is 14.5. The van der Waals surface area contributed by atoms with E-state index >= 15 is 0 Å². The van der Waals surface area contributed by atoms with Crippen molar-refractivity contribution in [2.45, 2.75) is 31.7 Å². The van der Waals surface area contributed by atoms with Gasteiger partial charge in [-0.15, -0.1) is 0 Å². The molecule has 1 atom stereocenters. The summed E-state index contributed by atoms with van der Waals surface area (Å²) in [6.07, 6.45) is 2.23. The number of benzene rings is 2. The Bertz CT molecular complexity index is 833. The third-order valence-corrected chi connectivity index (χ3v) is 4.74. The summed E-state index contributed by atoms with van der Waals surface area (Å²) in [4.78, 5) is 37.3. The van der Waals surface area contributed by atoms with E-state index in [-0.39, 0.29) is 24.8 Å². The number of rotatable bonds is 5. The Morgan fingerprint density at radius 2 is 1.85 bits per heavy atom. The van der Waals surface area contributed by atoms with Crippen LogP contribution in [0.5, 0.6) is 0 Å². The molecule has 26 heavy (non-hydrogen) atoms. The normalized spacial score (nSPS) is 17.1. The van der Waals surface area contributed by atoms with E-state index in [1.807, 2.05) is 36.4 Å². The number of hydrogen-bond acceptors (Lipinski definition) is 3. The lowest BCUT2D eigenvalue weighted by Crippen LogP contribution is -2.48. The molecular weight excluding hydrogens is 332 g/mol. The largest absolute Gasteiger partial charge is 0.480 e. The molecule has 1 aliphatic heterocycles. The summed E-state index contributed by atoms with van der Waals surface area (Å²) in [6, 6.07) is 12.5. The third kappa shape index (κ3) is 4.02. The van der Waals surface area contributed by atoms with Crippen molar-refractivity contribution >= 4 is 28.6 Å². The molecular formula is C20H22N2O4. The van der Waals surface area contributed by atoms with E-state index in [1.165, 1.54) is 4.90 Å². The van der Waals surface area contributed by atoms with Gasteiger partial charge in [0.05, 0.1) is 0 Å². The molecule has 6 nitrogen and oxygen atoms in total. The predicted molar refractivity (Wildman–Crippen MR) is 97.9 cm³/mol. The fraction of sp³-hybridized carbons (Fsp3) is 0.350. The van der Waals surface area contributed by atoms with Crippen LogP contribution in [0.25, 0.3) is 10.8 Å². The lowest BCUT2D eigenvalue weighted by atomic mass is 10.0. The van der Waals surface area contributed by atoms with Crippen LogP contribution in [0.15, 0.2) is 42.5 Å². The van der Waals surface area contributed by atoms with Crippen molar-refractivity contribution in [3.8, 4) is 0 Å². The van der Waals surface area contributed by atoms with Gasteiger partial charge in [0.15, 0.2) is 0 Å². The average Bonchev–Trinajstić information content (AvgIpc) is 2.67. The van der Waals surface area contributed by atoms with E-state index in [0.29, 0.717) is 18.5 Å².